The Hall–Kier alpha value is -5.72. The third kappa shape index (κ3) is 17.9. The normalized spacial score (nSPS) is 11.3. The third-order valence-electron chi connectivity index (χ3n) is 7.66. The SMILES string of the molecule is NC(N)=NC(Cc1ccc(OCc2ccccc2)cc1)C(=O)NCCCCCCCCOc1ccc(OCc2ccccc2)cc1.O=C(O)C(F)(F)F. The Balaban J connectivity index is 0.000000980. The highest BCUT2D eigenvalue weighted by Crippen LogP contribution is 2.20. The number of benzene rings is 4. The average Bonchev–Trinajstić information content (AvgIpc) is 3.15. The number of ether oxygens (including phenoxy) is 3. The van der Waals surface area contributed by atoms with Crippen LogP contribution in [0.15, 0.2) is 114 Å². The number of halogens is 3. The molecule has 0 saturated carbocycles. The molecule has 0 fully saturated rings. The Bertz CT molecular complexity index is 1650. The third-order valence-corrected chi connectivity index (χ3v) is 7.66. The number of carboxylic acids is 1. The van der Waals surface area contributed by atoms with Crippen molar-refractivity contribution in [2.24, 2.45) is 16.5 Å². The van der Waals surface area contributed by atoms with Crippen LogP contribution in [0.5, 0.6) is 17.2 Å². The van der Waals surface area contributed by atoms with Crippen molar-refractivity contribution in [1.29, 1.82) is 0 Å². The lowest BCUT2D eigenvalue weighted by atomic mass is 10.1. The van der Waals surface area contributed by atoms with Crippen LogP contribution < -0.4 is 31.0 Å². The fraction of sp³-hybridized carbons (Fsp3) is 0.325. The molecule has 284 valence electrons. The van der Waals surface area contributed by atoms with Crippen molar-refractivity contribution >= 4 is 17.8 Å². The highest BCUT2D eigenvalue weighted by Gasteiger charge is 2.38. The molecule has 0 aliphatic rings. The summed E-state index contributed by atoms with van der Waals surface area (Å²) < 4.78 is 49.3. The Labute approximate surface area is 308 Å². The number of nitrogens with zero attached hydrogens (tertiary/aromatic N) is 1. The molecule has 0 aliphatic carbocycles. The van der Waals surface area contributed by atoms with E-state index in [0.29, 0.717) is 32.8 Å². The molecule has 1 unspecified atom stereocenters. The lowest BCUT2D eigenvalue weighted by Gasteiger charge is -2.14. The fourth-order valence-electron chi connectivity index (χ4n) is 4.89. The molecule has 0 saturated heterocycles. The van der Waals surface area contributed by atoms with Crippen LogP contribution in [0.3, 0.4) is 0 Å². The van der Waals surface area contributed by atoms with Gasteiger partial charge in [0.2, 0.25) is 5.91 Å². The molecule has 10 nitrogen and oxygen atoms in total. The van der Waals surface area contributed by atoms with E-state index in [1.807, 2.05) is 109 Å². The second-order valence-electron chi connectivity index (χ2n) is 12.0. The van der Waals surface area contributed by atoms with E-state index >= 15 is 0 Å². The minimum Gasteiger partial charge on any atom is -0.494 e. The number of hydrogen-bond donors (Lipinski definition) is 4. The van der Waals surface area contributed by atoms with Gasteiger partial charge in [0.25, 0.3) is 0 Å². The molecule has 13 heteroatoms. The number of nitrogens with two attached hydrogens (primary N) is 2. The Morgan fingerprint density at radius 2 is 1.08 bits per heavy atom. The molecule has 0 aliphatic heterocycles. The molecule has 6 N–H and O–H groups in total. The van der Waals surface area contributed by atoms with E-state index in [1.54, 1.807) is 0 Å². The zero-order valence-corrected chi connectivity index (χ0v) is 29.5. The number of amides is 1. The van der Waals surface area contributed by atoms with Gasteiger partial charge < -0.3 is 36.1 Å². The monoisotopic (exact) mass is 736 g/mol. The number of carbonyl (C=O) groups excluding carboxylic acids is 1. The Morgan fingerprint density at radius 3 is 1.55 bits per heavy atom. The number of rotatable bonds is 20. The van der Waals surface area contributed by atoms with Gasteiger partial charge in [0.15, 0.2) is 5.96 Å². The molecule has 0 heterocycles. The number of unbranched alkanes of at least 4 members (excludes halogenated alkanes) is 5. The number of guanidine groups is 1. The van der Waals surface area contributed by atoms with Crippen molar-refractivity contribution < 1.29 is 42.1 Å². The second kappa shape index (κ2) is 23.0. The zero-order valence-electron chi connectivity index (χ0n) is 29.5. The summed E-state index contributed by atoms with van der Waals surface area (Å²) in [5.41, 5.74) is 14.5. The average molecular weight is 737 g/mol. The van der Waals surface area contributed by atoms with Crippen LogP contribution in [-0.2, 0) is 29.2 Å². The summed E-state index contributed by atoms with van der Waals surface area (Å²) >= 11 is 0. The predicted octanol–water partition coefficient (Wildman–Crippen LogP) is 7.20. The van der Waals surface area contributed by atoms with Crippen molar-refractivity contribution in [2.45, 2.75) is 70.4 Å². The van der Waals surface area contributed by atoms with E-state index in [0.717, 1.165) is 72.5 Å². The van der Waals surface area contributed by atoms with Crippen molar-refractivity contribution in [1.82, 2.24) is 5.32 Å². The van der Waals surface area contributed by atoms with Crippen LogP contribution >= 0.6 is 0 Å². The first-order chi connectivity index (χ1) is 25.5. The van der Waals surface area contributed by atoms with Gasteiger partial charge in [-0.3, -0.25) is 4.79 Å². The summed E-state index contributed by atoms with van der Waals surface area (Å²) in [4.78, 5) is 25.9. The predicted molar refractivity (Wildman–Crippen MR) is 198 cm³/mol. The summed E-state index contributed by atoms with van der Waals surface area (Å²) in [6.45, 7) is 2.33. The first-order valence-electron chi connectivity index (χ1n) is 17.3. The number of nitrogens with one attached hydrogen (secondary N) is 1. The van der Waals surface area contributed by atoms with Gasteiger partial charge in [-0.15, -0.1) is 0 Å². The van der Waals surface area contributed by atoms with Gasteiger partial charge in [-0.2, -0.15) is 13.2 Å². The lowest BCUT2D eigenvalue weighted by Crippen LogP contribution is -2.38. The van der Waals surface area contributed by atoms with Crippen molar-refractivity contribution in [3.63, 3.8) is 0 Å². The van der Waals surface area contributed by atoms with Crippen molar-refractivity contribution in [2.75, 3.05) is 13.2 Å². The molecular weight excluding hydrogens is 689 g/mol. The maximum absolute atomic E-state index is 12.9. The summed E-state index contributed by atoms with van der Waals surface area (Å²) in [7, 11) is 0. The molecule has 0 spiro atoms. The van der Waals surface area contributed by atoms with E-state index in [9.17, 15) is 18.0 Å². The van der Waals surface area contributed by atoms with E-state index in [1.165, 1.54) is 0 Å². The number of carbonyl (C=O) groups is 2. The quantitative estimate of drug-likeness (QED) is 0.0422. The lowest BCUT2D eigenvalue weighted by molar-refractivity contribution is -0.192. The van der Waals surface area contributed by atoms with Crippen LogP contribution in [0.2, 0.25) is 0 Å². The molecule has 53 heavy (non-hydrogen) atoms. The van der Waals surface area contributed by atoms with Crippen LogP contribution in [0.4, 0.5) is 13.2 Å². The maximum atomic E-state index is 12.9. The first-order valence-corrected chi connectivity index (χ1v) is 17.3. The van der Waals surface area contributed by atoms with Crippen LogP contribution in [0.25, 0.3) is 0 Å². The van der Waals surface area contributed by atoms with E-state index in [-0.39, 0.29) is 11.9 Å². The molecule has 4 aromatic rings. The molecule has 0 radical (unpaired) electrons. The van der Waals surface area contributed by atoms with Crippen molar-refractivity contribution in [3.8, 4) is 17.2 Å². The Morgan fingerprint density at radius 1 is 0.642 bits per heavy atom. The van der Waals surface area contributed by atoms with E-state index < -0.39 is 18.2 Å². The standard InChI is InChI=1S/C38H46N4O4.C2HF3O2/c39-38(40)42-36(27-30-17-19-34(20-18-30)45-28-31-13-7-5-8-14-31)37(43)41-25-11-3-1-2-4-12-26-44-33-21-23-35(24-22-33)46-29-32-15-9-6-10-16-32;3-2(4,5)1(6)7/h5-10,13-24,36H,1-4,11-12,25-29H2,(H,41,43)(H4,39,40,42);(H,6,7). The minimum absolute atomic E-state index is 0.100. The minimum atomic E-state index is -5.08. The number of aliphatic carboxylic acids is 1. The van der Waals surface area contributed by atoms with E-state index in [2.05, 4.69) is 10.3 Å². The number of carboxylic acid groups (broad SMARTS) is 1. The highest BCUT2D eigenvalue weighted by atomic mass is 19.4. The Kier molecular flexibility index (Phi) is 18.1. The maximum Gasteiger partial charge on any atom is 0.490 e. The molecule has 1 atom stereocenters. The second-order valence-corrected chi connectivity index (χ2v) is 12.0. The van der Waals surface area contributed by atoms with Crippen LogP contribution in [-0.4, -0.2) is 48.3 Å². The topological polar surface area (TPSA) is 158 Å². The number of aliphatic imine (C=N–C) groups is 1. The highest BCUT2D eigenvalue weighted by molar-refractivity contribution is 5.86. The summed E-state index contributed by atoms with van der Waals surface area (Å²) in [6.07, 6.45) is 1.62. The molecular formula is C40H47F3N4O6. The number of hydrogen-bond acceptors (Lipinski definition) is 6. The van der Waals surface area contributed by atoms with Crippen molar-refractivity contribution in [3.05, 3.63) is 126 Å². The summed E-state index contributed by atoms with van der Waals surface area (Å²) in [5.74, 6) is -0.588. The fourth-order valence-corrected chi connectivity index (χ4v) is 4.89. The van der Waals surface area contributed by atoms with Gasteiger partial charge in [-0.05, 0) is 65.9 Å². The van der Waals surface area contributed by atoms with Gasteiger partial charge >= 0.3 is 12.1 Å². The first kappa shape index (κ1) is 41.7. The number of alkyl halides is 3. The van der Waals surface area contributed by atoms with Gasteiger partial charge in [0.1, 0.15) is 36.5 Å². The molecule has 0 bridgehead atoms. The summed E-state index contributed by atoms with van der Waals surface area (Å²) in [5, 5.41) is 10.1. The smallest absolute Gasteiger partial charge is 0.490 e. The van der Waals surface area contributed by atoms with Gasteiger partial charge in [-0.25, -0.2) is 9.79 Å². The van der Waals surface area contributed by atoms with Crippen LogP contribution in [0.1, 0.15) is 55.2 Å². The molecule has 0 aromatic heterocycles. The molecule has 1 amide bonds. The molecule has 4 aromatic carbocycles. The van der Waals surface area contributed by atoms with Crippen LogP contribution in [0, 0.1) is 0 Å². The van der Waals surface area contributed by atoms with Gasteiger partial charge in [0, 0.05) is 13.0 Å². The van der Waals surface area contributed by atoms with E-state index in [4.69, 9.17) is 35.6 Å². The van der Waals surface area contributed by atoms with Gasteiger partial charge in [-0.1, -0.05) is 98.5 Å². The largest absolute Gasteiger partial charge is 0.494 e. The summed E-state index contributed by atoms with van der Waals surface area (Å²) in [6, 6.07) is 34.9. The van der Waals surface area contributed by atoms with Gasteiger partial charge in [0.05, 0.1) is 6.61 Å². The molecule has 4 rings (SSSR count). The zero-order chi connectivity index (χ0) is 38.3.